The quantitative estimate of drug-likeness (QED) is 0.851. The van der Waals surface area contributed by atoms with Gasteiger partial charge in [-0.15, -0.1) is 11.3 Å². The first-order valence-electron chi connectivity index (χ1n) is 4.66. The van der Waals surface area contributed by atoms with Crippen LogP contribution < -0.4 is 5.32 Å². The largest absolute Gasteiger partial charge is 0.380 e. The zero-order valence-electron chi connectivity index (χ0n) is 8.10. The molecule has 0 aliphatic carbocycles. The third-order valence-corrected chi connectivity index (χ3v) is 3.00. The van der Waals surface area contributed by atoms with Gasteiger partial charge in [0.25, 0.3) is 0 Å². The van der Waals surface area contributed by atoms with Crippen LogP contribution in [-0.2, 0) is 6.54 Å². The van der Waals surface area contributed by atoms with Crippen molar-refractivity contribution in [3.8, 4) is 6.07 Å². The second-order valence-corrected chi connectivity index (χ2v) is 4.27. The molecule has 2 rings (SSSR count). The predicted octanol–water partition coefficient (Wildman–Crippen LogP) is 3.23. The number of nitriles is 1. The number of thiophene rings is 1. The van der Waals surface area contributed by atoms with Gasteiger partial charge < -0.3 is 5.32 Å². The van der Waals surface area contributed by atoms with Crippen molar-refractivity contribution in [3.05, 3.63) is 52.2 Å². The molecule has 0 saturated carbocycles. The van der Waals surface area contributed by atoms with Crippen molar-refractivity contribution >= 4 is 17.0 Å². The molecule has 0 aliphatic heterocycles. The van der Waals surface area contributed by atoms with Crippen LogP contribution in [0.25, 0.3) is 0 Å². The Balaban J connectivity index is 1.97. The summed E-state index contributed by atoms with van der Waals surface area (Å²) in [6.07, 6.45) is 0. The summed E-state index contributed by atoms with van der Waals surface area (Å²) in [4.78, 5) is 1.94. The maximum Gasteiger partial charge on any atom is 0.110 e. The Morgan fingerprint density at radius 2 is 1.93 bits per heavy atom. The lowest BCUT2D eigenvalue weighted by molar-refractivity contribution is 1.19. The van der Waals surface area contributed by atoms with E-state index >= 15 is 0 Å². The van der Waals surface area contributed by atoms with Crippen LogP contribution in [0.5, 0.6) is 0 Å². The fourth-order valence-electron chi connectivity index (χ4n) is 1.28. The number of nitrogens with one attached hydrogen (secondary N) is 1. The fourth-order valence-corrected chi connectivity index (χ4v) is 2.02. The molecule has 74 valence electrons. The third kappa shape index (κ3) is 2.58. The van der Waals surface area contributed by atoms with Crippen LogP contribution in [0.1, 0.15) is 9.75 Å². The zero-order chi connectivity index (χ0) is 10.5. The second kappa shape index (κ2) is 4.63. The highest BCUT2D eigenvalue weighted by atomic mass is 32.1. The van der Waals surface area contributed by atoms with Crippen LogP contribution in [0, 0.1) is 11.3 Å². The molecule has 3 heteroatoms. The van der Waals surface area contributed by atoms with E-state index in [0.29, 0.717) is 0 Å². The molecule has 0 bridgehead atoms. The first kappa shape index (κ1) is 9.75. The lowest BCUT2D eigenvalue weighted by Crippen LogP contribution is -1.96. The standard InChI is InChI=1S/C12H10N2S/c13-8-11-6-7-12(15-11)9-14-10-4-2-1-3-5-10/h1-7,14H,9H2. The van der Waals surface area contributed by atoms with Gasteiger partial charge in [0, 0.05) is 17.1 Å². The van der Waals surface area contributed by atoms with Gasteiger partial charge in [0.2, 0.25) is 0 Å². The number of hydrogen-bond acceptors (Lipinski definition) is 3. The Kier molecular flexibility index (Phi) is 3.01. The third-order valence-electron chi connectivity index (χ3n) is 2.01. The van der Waals surface area contributed by atoms with E-state index in [1.165, 1.54) is 16.2 Å². The summed E-state index contributed by atoms with van der Waals surface area (Å²) in [6, 6.07) is 16.0. The number of para-hydroxylation sites is 1. The van der Waals surface area contributed by atoms with E-state index in [-0.39, 0.29) is 0 Å². The summed E-state index contributed by atoms with van der Waals surface area (Å²) in [5, 5.41) is 12.0. The zero-order valence-corrected chi connectivity index (χ0v) is 8.92. The highest BCUT2D eigenvalue weighted by Crippen LogP contribution is 2.16. The van der Waals surface area contributed by atoms with Gasteiger partial charge in [-0.05, 0) is 24.3 Å². The van der Waals surface area contributed by atoms with Crippen molar-refractivity contribution < 1.29 is 0 Å². The van der Waals surface area contributed by atoms with Gasteiger partial charge >= 0.3 is 0 Å². The second-order valence-electron chi connectivity index (χ2n) is 3.10. The molecule has 0 fully saturated rings. The number of anilines is 1. The average Bonchev–Trinajstić information content (AvgIpc) is 2.76. The van der Waals surface area contributed by atoms with Gasteiger partial charge in [0.05, 0.1) is 0 Å². The maximum atomic E-state index is 8.68. The summed E-state index contributed by atoms with van der Waals surface area (Å²) in [7, 11) is 0. The minimum absolute atomic E-state index is 0.764. The molecule has 0 aliphatic rings. The van der Waals surface area contributed by atoms with Crippen molar-refractivity contribution in [2.45, 2.75) is 6.54 Å². The lowest BCUT2D eigenvalue weighted by Gasteiger charge is -2.03. The SMILES string of the molecule is N#Cc1ccc(CNc2ccccc2)s1. The van der Waals surface area contributed by atoms with E-state index in [4.69, 9.17) is 5.26 Å². The lowest BCUT2D eigenvalue weighted by atomic mass is 10.3. The maximum absolute atomic E-state index is 8.68. The molecule has 1 aromatic heterocycles. The Bertz CT molecular complexity index is 468. The molecule has 15 heavy (non-hydrogen) atoms. The van der Waals surface area contributed by atoms with E-state index < -0.39 is 0 Å². The van der Waals surface area contributed by atoms with Crippen LogP contribution in [0.2, 0.25) is 0 Å². The number of nitrogens with zero attached hydrogens (tertiary/aromatic N) is 1. The van der Waals surface area contributed by atoms with Crippen LogP contribution in [0.3, 0.4) is 0 Å². The van der Waals surface area contributed by atoms with Crippen LogP contribution >= 0.6 is 11.3 Å². The molecule has 1 N–H and O–H groups in total. The van der Waals surface area contributed by atoms with Crippen molar-refractivity contribution in [1.82, 2.24) is 0 Å². The van der Waals surface area contributed by atoms with E-state index in [0.717, 1.165) is 17.1 Å². The normalized spacial score (nSPS) is 9.53. The Hall–Kier alpha value is -1.79. The first-order valence-corrected chi connectivity index (χ1v) is 5.48. The minimum atomic E-state index is 0.764. The van der Waals surface area contributed by atoms with E-state index in [2.05, 4.69) is 11.4 Å². The molecule has 2 nitrogen and oxygen atoms in total. The van der Waals surface area contributed by atoms with Gasteiger partial charge in [0.1, 0.15) is 10.9 Å². The molecule has 1 aromatic carbocycles. The Labute approximate surface area is 92.8 Å². The summed E-state index contributed by atoms with van der Waals surface area (Å²) in [5.74, 6) is 0. The van der Waals surface area contributed by atoms with Gasteiger partial charge in [-0.25, -0.2) is 0 Å². The highest BCUT2D eigenvalue weighted by Gasteiger charge is 1.98. The van der Waals surface area contributed by atoms with Gasteiger partial charge in [-0.2, -0.15) is 5.26 Å². The van der Waals surface area contributed by atoms with Crippen molar-refractivity contribution in [2.24, 2.45) is 0 Å². The van der Waals surface area contributed by atoms with Gasteiger partial charge in [-0.3, -0.25) is 0 Å². The van der Waals surface area contributed by atoms with E-state index in [1.807, 2.05) is 42.5 Å². The topological polar surface area (TPSA) is 35.8 Å². The summed E-state index contributed by atoms with van der Waals surface area (Å²) in [5.41, 5.74) is 1.10. The molecule has 0 spiro atoms. The van der Waals surface area contributed by atoms with Crippen LogP contribution in [0.15, 0.2) is 42.5 Å². The van der Waals surface area contributed by atoms with E-state index in [9.17, 15) is 0 Å². The van der Waals surface area contributed by atoms with Gasteiger partial charge in [-0.1, -0.05) is 18.2 Å². The molecule has 1 heterocycles. The molecular formula is C12H10N2S. The number of benzene rings is 1. The molecule has 0 saturated heterocycles. The Morgan fingerprint density at radius 3 is 2.60 bits per heavy atom. The molecule has 0 unspecified atom stereocenters. The monoisotopic (exact) mass is 214 g/mol. The molecule has 0 radical (unpaired) electrons. The fraction of sp³-hybridized carbons (Fsp3) is 0.0833. The summed E-state index contributed by atoms with van der Waals surface area (Å²) < 4.78 is 0. The molecular weight excluding hydrogens is 204 g/mol. The average molecular weight is 214 g/mol. The van der Waals surface area contributed by atoms with Crippen LogP contribution in [0.4, 0.5) is 5.69 Å². The molecule has 0 atom stereocenters. The molecule has 0 amide bonds. The van der Waals surface area contributed by atoms with Gasteiger partial charge in [0.15, 0.2) is 0 Å². The first-order chi connectivity index (χ1) is 7.38. The predicted molar refractivity (Wildman–Crippen MR) is 62.8 cm³/mol. The van der Waals surface area contributed by atoms with Crippen molar-refractivity contribution in [1.29, 1.82) is 5.26 Å². The minimum Gasteiger partial charge on any atom is -0.380 e. The number of hydrogen-bond donors (Lipinski definition) is 1. The van der Waals surface area contributed by atoms with E-state index in [1.54, 1.807) is 0 Å². The highest BCUT2D eigenvalue weighted by molar-refractivity contribution is 7.12. The van der Waals surface area contributed by atoms with Crippen LogP contribution in [-0.4, -0.2) is 0 Å². The smallest absolute Gasteiger partial charge is 0.110 e. The Morgan fingerprint density at radius 1 is 1.13 bits per heavy atom. The summed E-state index contributed by atoms with van der Waals surface area (Å²) >= 11 is 1.53. The summed E-state index contributed by atoms with van der Waals surface area (Å²) in [6.45, 7) is 0.774. The van der Waals surface area contributed by atoms with Crippen molar-refractivity contribution in [3.63, 3.8) is 0 Å². The number of rotatable bonds is 3. The molecule has 2 aromatic rings. The van der Waals surface area contributed by atoms with Crippen molar-refractivity contribution in [2.75, 3.05) is 5.32 Å².